The molecule has 0 spiro atoms. The van der Waals surface area contributed by atoms with Crippen LogP contribution in [0.5, 0.6) is 5.75 Å². The van der Waals surface area contributed by atoms with Gasteiger partial charge in [0.15, 0.2) is 0 Å². The quantitative estimate of drug-likeness (QED) is 0.861. The molecule has 128 valence electrons. The molecule has 2 heterocycles. The van der Waals surface area contributed by atoms with E-state index in [1.54, 1.807) is 18.4 Å². The van der Waals surface area contributed by atoms with Gasteiger partial charge in [0, 0.05) is 23.7 Å². The number of nitrogens with one attached hydrogen (secondary N) is 1. The number of urea groups is 1. The minimum Gasteiger partial charge on any atom is -0.497 e. The monoisotopic (exact) mass is 346 g/mol. The Morgan fingerprint density at radius 2 is 2.21 bits per heavy atom. The van der Waals surface area contributed by atoms with Crippen LogP contribution in [0.25, 0.3) is 0 Å². The molecule has 1 N–H and O–H groups in total. The van der Waals surface area contributed by atoms with Crippen molar-refractivity contribution >= 4 is 23.1 Å². The predicted octanol–water partition coefficient (Wildman–Crippen LogP) is 3.97. The van der Waals surface area contributed by atoms with Crippen LogP contribution in [0, 0.1) is 0 Å². The fourth-order valence-corrected chi connectivity index (χ4v) is 3.44. The Bertz CT molecular complexity index is 637. The second-order valence-electron chi connectivity index (χ2n) is 5.75. The van der Waals surface area contributed by atoms with Gasteiger partial charge >= 0.3 is 6.03 Å². The zero-order chi connectivity index (χ0) is 16.8. The van der Waals surface area contributed by atoms with Crippen molar-refractivity contribution in [3.8, 4) is 5.75 Å². The summed E-state index contributed by atoms with van der Waals surface area (Å²) in [7, 11) is 1.62. The van der Waals surface area contributed by atoms with Gasteiger partial charge in [0.25, 0.3) is 0 Å². The molecule has 2 amide bonds. The number of ether oxygens (including phenoxy) is 2. The van der Waals surface area contributed by atoms with Gasteiger partial charge in [-0.2, -0.15) is 0 Å². The highest BCUT2D eigenvalue weighted by atomic mass is 32.1. The van der Waals surface area contributed by atoms with Gasteiger partial charge in [-0.25, -0.2) is 4.79 Å². The Labute approximate surface area is 146 Å². The number of hydrogen-bond acceptors (Lipinski definition) is 4. The number of nitrogens with zero attached hydrogens (tertiary/aromatic N) is 1. The average molecular weight is 346 g/mol. The number of rotatable bonds is 6. The summed E-state index contributed by atoms with van der Waals surface area (Å²) in [5.74, 6) is 0.766. The molecule has 6 heteroatoms. The van der Waals surface area contributed by atoms with Crippen LogP contribution in [-0.4, -0.2) is 37.3 Å². The molecule has 2 aromatic rings. The molecule has 1 aromatic heterocycles. The van der Waals surface area contributed by atoms with Crippen molar-refractivity contribution in [2.75, 3.05) is 25.6 Å². The van der Waals surface area contributed by atoms with Crippen LogP contribution in [0.15, 0.2) is 41.8 Å². The number of carbonyl (C=O) groups is 1. The first-order valence-corrected chi connectivity index (χ1v) is 8.96. The molecule has 1 unspecified atom stereocenters. The van der Waals surface area contributed by atoms with Gasteiger partial charge in [-0.05, 0) is 48.6 Å². The fraction of sp³-hybridized carbons (Fsp3) is 0.389. The highest BCUT2D eigenvalue weighted by Crippen LogP contribution is 2.19. The Morgan fingerprint density at radius 1 is 1.38 bits per heavy atom. The lowest BCUT2D eigenvalue weighted by Gasteiger charge is -2.25. The van der Waals surface area contributed by atoms with E-state index in [-0.39, 0.29) is 12.1 Å². The van der Waals surface area contributed by atoms with Gasteiger partial charge in [-0.1, -0.05) is 6.07 Å². The lowest BCUT2D eigenvalue weighted by Crippen LogP contribution is -2.39. The maximum atomic E-state index is 12.7. The van der Waals surface area contributed by atoms with E-state index in [0.29, 0.717) is 13.1 Å². The zero-order valence-electron chi connectivity index (χ0n) is 13.7. The molecule has 1 saturated heterocycles. The summed E-state index contributed by atoms with van der Waals surface area (Å²) in [6.07, 6.45) is 2.21. The van der Waals surface area contributed by atoms with E-state index in [1.165, 1.54) is 0 Å². The molecule has 3 rings (SSSR count). The van der Waals surface area contributed by atoms with E-state index in [1.807, 2.05) is 46.7 Å². The summed E-state index contributed by atoms with van der Waals surface area (Å²) < 4.78 is 10.8. The SMILES string of the molecule is COc1ccc(NC(=O)N(Cc2cccs2)CC2CCCO2)cc1. The Kier molecular flexibility index (Phi) is 5.72. The second-order valence-corrected chi connectivity index (χ2v) is 6.79. The van der Waals surface area contributed by atoms with Crippen molar-refractivity contribution in [1.29, 1.82) is 0 Å². The van der Waals surface area contributed by atoms with Gasteiger partial charge in [-0.3, -0.25) is 0 Å². The molecule has 0 bridgehead atoms. The van der Waals surface area contributed by atoms with Crippen molar-refractivity contribution in [3.63, 3.8) is 0 Å². The number of amides is 2. The normalized spacial score (nSPS) is 16.8. The van der Waals surface area contributed by atoms with E-state index >= 15 is 0 Å². The Balaban J connectivity index is 1.66. The molecule has 1 fully saturated rings. The number of thiophene rings is 1. The molecule has 5 nitrogen and oxygen atoms in total. The molecule has 1 aliphatic rings. The summed E-state index contributed by atoms with van der Waals surface area (Å²) in [6, 6.07) is 11.3. The molecule has 1 aromatic carbocycles. The first kappa shape index (κ1) is 16.8. The van der Waals surface area contributed by atoms with Gasteiger partial charge in [0.1, 0.15) is 5.75 Å². The van der Waals surface area contributed by atoms with Gasteiger partial charge in [0.2, 0.25) is 0 Å². The molecule has 0 aliphatic carbocycles. The van der Waals surface area contributed by atoms with E-state index in [4.69, 9.17) is 9.47 Å². The molecule has 1 aliphatic heterocycles. The molecule has 0 saturated carbocycles. The summed E-state index contributed by atoms with van der Waals surface area (Å²) >= 11 is 1.66. The third-order valence-electron chi connectivity index (χ3n) is 4.00. The lowest BCUT2D eigenvalue weighted by molar-refractivity contribution is 0.0821. The Hall–Kier alpha value is -2.05. The minimum atomic E-state index is -0.107. The highest BCUT2D eigenvalue weighted by Gasteiger charge is 2.23. The van der Waals surface area contributed by atoms with Crippen LogP contribution >= 0.6 is 11.3 Å². The molecular formula is C18H22N2O3S. The third kappa shape index (κ3) is 4.49. The summed E-state index contributed by atoms with van der Waals surface area (Å²) in [6.45, 7) is 2.00. The second kappa shape index (κ2) is 8.17. The van der Waals surface area contributed by atoms with Crippen LogP contribution < -0.4 is 10.1 Å². The zero-order valence-corrected chi connectivity index (χ0v) is 14.6. The Morgan fingerprint density at radius 3 is 2.83 bits per heavy atom. The van der Waals surface area contributed by atoms with Crippen LogP contribution in [0.4, 0.5) is 10.5 Å². The maximum absolute atomic E-state index is 12.7. The smallest absolute Gasteiger partial charge is 0.322 e. The van der Waals surface area contributed by atoms with Crippen LogP contribution in [0.1, 0.15) is 17.7 Å². The van der Waals surface area contributed by atoms with Gasteiger partial charge < -0.3 is 19.7 Å². The number of anilines is 1. The van der Waals surface area contributed by atoms with Crippen LogP contribution in [-0.2, 0) is 11.3 Å². The maximum Gasteiger partial charge on any atom is 0.322 e. The topological polar surface area (TPSA) is 50.8 Å². The van der Waals surface area contributed by atoms with E-state index in [0.717, 1.165) is 35.8 Å². The number of methoxy groups -OCH3 is 1. The van der Waals surface area contributed by atoms with Crippen molar-refractivity contribution in [2.24, 2.45) is 0 Å². The number of carbonyl (C=O) groups excluding carboxylic acids is 1. The first-order chi connectivity index (χ1) is 11.7. The molecule has 24 heavy (non-hydrogen) atoms. The number of benzene rings is 1. The van der Waals surface area contributed by atoms with Crippen molar-refractivity contribution in [3.05, 3.63) is 46.7 Å². The van der Waals surface area contributed by atoms with Crippen molar-refractivity contribution in [2.45, 2.75) is 25.5 Å². The van der Waals surface area contributed by atoms with Gasteiger partial charge in [0.05, 0.1) is 19.8 Å². The molecule has 1 atom stereocenters. The highest BCUT2D eigenvalue weighted by molar-refractivity contribution is 7.09. The lowest BCUT2D eigenvalue weighted by atomic mass is 10.2. The average Bonchev–Trinajstić information content (AvgIpc) is 3.29. The van der Waals surface area contributed by atoms with E-state index < -0.39 is 0 Å². The van der Waals surface area contributed by atoms with Gasteiger partial charge in [-0.15, -0.1) is 11.3 Å². The first-order valence-electron chi connectivity index (χ1n) is 8.08. The standard InChI is InChI=1S/C18H22N2O3S/c1-22-15-8-6-14(7-9-15)19-18(21)20(12-16-4-2-10-23-16)13-17-5-3-11-24-17/h3,5-9,11,16H,2,4,10,12-13H2,1H3,(H,19,21). The summed E-state index contributed by atoms with van der Waals surface area (Å²) in [5.41, 5.74) is 0.754. The van der Waals surface area contributed by atoms with Crippen molar-refractivity contribution < 1.29 is 14.3 Å². The summed E-state index contributed by atoms with van der Waals surface area (Å²) in [4.78, 5) is 15.7. The van der Waals surface area contributed by atoms with E-state index in [2.05, 4.69) is 5.32 Å². The summed E-state index contributed by atoms with van der Waals surface area (Å²) in [5, 5.41) is 4.99. The fourth-order valence-electron chi connectivity index (χ4n) is 2.72. The molecular weight excluding hydrogens is 324 g/mol. The predicted molar refractivity (Wildman–Crippen MR) is 95.7 cm³/mol. The van der Waals surface area contributed by atoms with E-state index in [9.17, 15) is 4.79 Å². The van der Waals surface area contributed by atoms with Crippen LogP contribution in [0.2, 0.25) is 0 Å². The van der Waals surface area contributed by atoms with Crippen LogP contribution in [0.3, 0.4) is 0 Å². The minimum absolute atomic E-state index is 0.107. The van der Waals surface area contributed by atoms with Crippen molar-refractivity contribution in [1.82, 2.24) is 4.90 Å². The largest absolute Gasteiger partial charge is 0.497 e. The molecule has 0 radical (unpaired) electrons. The third-order valence-corrected chi connectivity index (χ3v) is 4.86. The number of hydrogen-bond donors (Lipinski definition) is 1.